The van der Waals surface area contributed by atoms with Crippen molar-refractivity contribution in [3.63, 3.8) is 0 Å². The fourth-order valence-corrected chi connectivity index (χ4v) is 1.73. The number of hydrogen-bond donors (Lipinski definition) is 2. The van der Waals surface area contributed by atoms with Crippen LogP contribution in [0, 0.1) is 5.92 Å². The van der Waals surface area contributed by atoms with Crippen LogP contribution >= 0.6 is 0 Å². The lowest BCUT2D eigenvalue weighted by atomic mass is 9.91. The SMILES string of the molecule is CCCCC(CC)C(CC(=O)O)OC(=O)O. The first-order valence-electron chi connectivity index (χ1n) is 5.62. The van der Waals surface area contributed by atoms with Crippen LogP contribution in [0.25, 0.3) is 0 Å². The van der Waals surface area contributed by atoms with Crippen LogP contribution in [0.5, 0.6) is 0 Å². The number of carbonyl (C=O) groups is 2. The fourth-order valence-electron chi connectivity index (χ4n) is 1.73. The Labute approximate surface area is 95.4 Å². The highest BCUT2D eigenvalue weighted by atomic mass is 16.7. The summed E-state index contributed by atoms with van der Waals surface area (Å²) in [6.07, 6.45) is 1.10. The van der Waals surface area contributed by atoms with Crippen molar-refractivity contribution in [1.29, 1.82) is 0 Å². The van der Waals surface area contributed by atoms with Crippen molar-refractivity contribution in [1.82, 2.24) is 0 Å². The quantitative estimate of drug-likeness (QED) is 0.628. The van der Waals surface area contributed by atoms with E-state index in [4.69, 9.17) is 10.2 Å². The van der Waals surface area contributed by atoms with Gasteiger partial charge in [-0.1, -0.05) is 26.7 Å². The number of carboxylic acids is 1. The van der Waals surface area contributed by atoms with Crippen LogP contribution in [0.1, 0.15) is 46.0 Å². The van der Waals surface area contributed by atoms with Gasteiger partial charge in [0, 0.05) is 0 Å². The fraction of sp³-hybridized carbons (Fsp3) is 0.818. The van der Waals surface area contributed by atoms with Gasteiger partial charge in [0.25, 0.3) is 0 Å². The van der Waals surface area contributed by atoms with Gasteiger partial charge in [0.2, 0.25) is 0 Å². The minimum absolute atomic E-state index is 0.00727. The van der Waals surface area contributed by atoms with Crippen molar-refractivity contribution in [3.05, 3.63) is 0 Å². The average molecular weight is 232 g/mol. The van der Waals surface area contributed by atoms with Crippen molar-refractivity contribution >= 4 is 12.1 Å². The molecule has 0 radical (unpaired) electrons. The summed E-state index contributed by atoms with van der Waals surface area (Å²) in [6.45, 7) is 3.96. The molecule has 0 rings (SSSR count). The predicted molar refractivity (Wildman–Crippen MR) is 58.5 cm³/mol. The Bertz CT molecular complexity index is 210. The zero-order chi connectivity index (χ0) is 12.6. The number of ether oxygens (including phenoxy) is 1. The van der Waals surface area contributed by atoms with Crippen molar-refractivity contribution in [2.75, 3.05) is 0 Å². The normalized spacial score (nSPS) is 14.1. The molecule has 0 aliphatic rings. The van der Waals surface area contributed by atoms with Gasteiger partial charge in [0.05, 0.1) is 6.42 Å². The topological polar surface area (TPSA) is 83.8 Å². The van der Waals surface area contributed by atoms with E-state index in [0.29, 0.717) is 0 Å². The smallest absolute Gasteiger partial charge is 0.481 e. The van der Waals surface area contributed by atoms with Crippen molar-refractivity contribution in [2.24, 2.45) is 5.92 Å². The summed E-state index contributed by atoms with van der Waals surface area (Å²) in [5, 5.41) is 17.2. The van der Waals surface area contributed by atoms with Crippen molar-refractivity contribution in [3.8, 4) is 0 Å². The van der Waals surface area contributed by atoms with Crippen molar-refractivity contribution < 1.29 is 24.5 Å². The van der Waals surface area contributed by atoms with E-state index in [0.717, 1.165) is 25.7 Å². The maximum atomic E-state index is 10.6. The third kappa shape index (κ3) is 6.27. The highest BCUT2D eigenvalue weighted by molar-refractivity contribution is 5.68. The Hall–Kier alpha value is -1.26. The Morgan fingerprint density at radius 3 is 2.25 bits per heavy atom. The summed E-state index contributed by atoms with van der Waals surface area (Å²) >= 11 is 0. The molecule has 94 valence electrons. The first-order chi connectivity index (χ1) is 7.51. The first-order valence-corrected chi connectivity index (χ1v) is 5.62. The largest absolute Gasteiger partial charge is 0.506 e. The van der Waals surface area contributed by atoms with Gasteiger partial charge in [0.15, 0.2) is 0 Å². The Morgan fingerprint density at radius 2 is 1.88 bits per heavy atom. The summed E-state index contributed by atoms with van der Waals surface area (Å²) in [7, 11) is 0. The summed E-state index contributed by atoms with van der Waals surface area (Å²) in [4.78, 5) is 21.1. The lowest BCUT2D eigenvalue weighted by Crippen LogP contribution is -2.28. The molecule has 0 aliphatic heterocycles. The van der Waals surface area contributed by atoms with E-state index < -0.39 is 18.2 Å². The molecule has 0 aromatic rings. The third-order valence-corrected chi connectivity index (χ3v) is 2.61. The standard InChI is InChI=1S/C11H20O5/c1-3-5-6-8(4-2)9(7-10(12)13)16-11(14)15/h8-9H,3-7H2,1-2H3,(H,12,13)(H,14,15). The average Bonchev–Trinajstić information content (AvgIpc) is 2.16. The van der Waals surface area contributed by atoms with E-state index >= 15 is 0 Å². The zero-order valence-electron chi connectivity index (χ0n) is 9.81. The molecule has 2 unspecified atom stereocenters. The number of hydrogen-bond acceptors (Lipinski definition) is 3. The molecular weight excluding hydrogens is 212 g/mol. The molecule has 5 nitrogen and oxygen atoms in total. The molecule has 0 bridgehead atoms. The lowest BCUT2D eigenvalue weighted by molar-refractivity contribution is -0.140. The van der Waals surface area contributed by atoms with Crippen molar-refractivity contribution in [2.45, 2.75) is 52.1 Å². The van der Waals surface area contributed by atoms with Crippen LogP contribution < -0.4 is 0 Å². The molecule has 0 aliphatic carbocycles. The molecule has 0 aromatic heterocycles. The summed E-state index contributed by atoms with van der Waals surface area (Å²) in [6, 6.07) is 0. The highest BCUT2D eigenvalue weighted by Crippen LogP contribution is 2.22. The molecule has 0 aromatic carbocycles. The van der Waals surface area contributed by atoms with E-state index in [1.54, 1.807) is 0 Å². The Morgan fingerprint density at radius 1 is 1.25 bits per heavy atom. The Balaban J connectivity index is 4.41. The van der Waals surface area contributed by atoms with Gasteiger partial charge in [-0.25, -0.2) is 4.79 Å². The van der Waals surface area contributed by atoms with Gasteiger partial charge in [-0.2, -0.15) is 0 Å². The van der Waals surface area contributed by atoms with E-state index in [9.17, 15) is 9.59 Å². The van der Waals surface area contributed by atoms with Crippen LogP contribution in [0.15, 0.2) is 0 Å². The third-order valence-electron chi connectivity index (χ3n) is 2.61. The second-order valence-corrected chi connectivity index (χ2v) is 3.83. The summed E-state index contributed by atoms with van der Waals surface area (Å²) < 4.78 is 4.65. The van der Waals surface area contributed by atoms with Gasteiger partial charge in [-0.05, 0) is 18.8 Å². The molecule has 0 amide bonds. The minimum Gasteiger partial charge on any atom is -0.481 e. The van der Waals surface area contributed by atoms with E-state index in [2.05, 4.69) is 4.74 Å². The molecule has 0 fully saturated rings. The van der Waals surface area contributed by atoms with E-state index in [1.807, 2.05) is 13.8 Å². The minimum atomic E-state index is -1.40. The number of unbranched alkanes of at least 4 members (excludes halogenated alkanes) is 1. The first kappa shape index (κ1) is 14.7. The highest BCUT2D eigenvalue weighted by Gasteiger charge is 2.25. The van der Waals surface area contributed by atoms with Gasteiger partial charge < -0.3 is 14.9 Å². The second kappa shape index (κ2) is 7.96. The van der Waals surface area contributed by atoms with E-state index in [-0.39, 0.29) is 12.3 Å². The van der Waals surface area contributed by atoms with Gasteiger partial charge in [-0.15, -0.1) is 0 Å². The van der Waals surface area contributed by atoms with Gasteiger partial charge >= 0.3 is 12.1 Å². The molecule has 5 heteroatoms. The van der Waals surface area contributed by atoms with Gasteiger partial charge in [0.1, 0.15) is 6.10 Å². The molecule has 0 saturated heterocycles. The Kier molecular flexibility index (Phi) is 7.33. The molecule has 16 heavy (non-hydrogen) atoms. The zero-order valence-corrected chi connectivity index (χ0v) is 9.81. The molecule has 2 atom stereocenters. The second-order valence-electron chi connectivity index (χ2n) is 3.83. The molecular formula is C11H20O5. The molecule has 0 saturated carbocycles. The maximum Gasteiger partial charge on any atom is 0.506 e. The van der Waals surface area contributed by atoms with Crippen LogP contribution in [0.3, 0.4) is 0 Å². The van der Waals surface area contributed by atoms with Crippen LogP contribution in [0.2, 0.25) is 0 Å². The predicted octanol–water partition coefficient (Wildman–Crippen LogP) is 2.74. The van der Waals surface area contributed by atoms with E-state index in [1.165, 1.54) is 0 Å². The van der Waals surface area contributed by atoms with Crippen LogP contribution in [-0.2, 0) is 9.53 Å². The number of aliphatic carboxylic acids is 1. The number of rotatable bonds is 8. The van der Waals surface area contributed by atoms with Crippen LogP contribution in [-0.4, -0.2) is 28.4 Å². The summed E-state index contributed by atoms with van der Waals surface area (Å²) in [5.74, 6) is -1.03. The molecule has 0 spiro atoms. The maximum absolute atomic E-state index is 10.6. The van der Waals surface area contributed by atoms with Crippen LogP contribution in [0.4, 0.5) is 4.79 Å². The lowest BCUT2D eigenvalue weighted by Gasteiger charge is -2.23. The molecule has 2 N–H and O–H groups in total. The van der Waals surface area contributed by atoms with Gasteiger partial charge in [-0.3, -0.25) is 4.79 Å². The monoisotopic (exact) mass is 232 g/mol. The summed E-state index contributed by atoms with van der Waals surface area (Å²) in [5.41, 5.74) is 0. The number of carboxylic acid groups (broad SMARTS) is 2. The molecule has 0 heterocycles.